The summed E-state index contributed by atoms with van der Waals surface area (Å²) in [5.41, 5.74) is 5.06. The number of halogens is 1. The molecule has 2 aliphatic carbocycles. The lowest BCUT2D eigenvalue weighted by atomic mass is 9.63. The predicted molar refractivity (Wildman–Crippen MR) is 138 cm³/mol. The van der Waals surface area contributed by atoms with Gasteiger partial charge in [0.15, 0.2) is 11.6 Å². The van der Waals surface area contributed by atoms with Gasteiger partial charge in [-0.3, -0.25) is 9.59 Å². The maximum Gasteiger partial charge on any atom is 0.162 e. The third-order valence-corrected chi connectivity index (χ3v) is 7.81. The van der Waals surface area contributed by atoms with Crippen LogP contribution in [0.2, 0.25) is 5.02 Å². The molecule has 1 N–H and O–H groups in total. The lowest BCUT2D eigenvalue weighted by molar-refractivity contribution is -0.119. The van der Waals surface area contributed by atoms with Crippen molar-refractivity contribution in [3.63, 3.8) is 0 Å². The summed E-state index contributed by atoms with van der Waals surface area (Å²) in [4.78, 5) is 29.8. The van der Waals surface area contributed by atoms with Crippen LogP contribution in [-0.4, -0.2) is 21.6 Å². The largest absolute Gasteiger partial charge is 0.506 e. The molecule has 0 amide bonds. The Morgan fingerprint density at radius 1 is 0.857 bits per heavy atom. The first-order chi connectivity index (χ1) is 16.5. The molecule has 0 saturated carbocycles. The van der Waals surface area contributed by atoms with E-state index in [2.05, 4.69) is 44.7 Å². The normalized spacial score (nSPS) is 21.8. The first-order valence-corrected chi connectivity index (χ1v) is 12.7. The van der Waals surface area contributed by atoms with Crippen LogP contribution in [0, 0.1) is 10.8 Å². The maximum absolute atomic E-state index is 13.8. The number of allylic oxidation sites excluding steroid dienone is 4. The summed E-state index contributed by atoms with van der Waals surface area (Å²) in [7, 11) is 0. The van der Waals surface area contributed by atoms with Crippen LogP contribution < -0.4 is 0 Å². The lowest BCUT2D eigenvalue weighted by Crippen LogP contribution is -2.44. The Bertz CT molecular complexity index is 1230. The van der Waals surface area contributed by atoms with Crippen molar-refractivity contribution >= 4 is 23.2 Å². The number of hydrogen-bond donors (Lipinski definition) is 1. The average Bonchev–Trinajstić information content (AvgIpc) is 2.76. The SMILES string of the molecule is CC1(C)CC(=O)C2=C(C1)N(Cc1ccccc1)C1=C(C(=O)CC(C)(C)C1)C2c1ccc(O)c(Cl)c1. The van der Waals surface area contributed by atoms with Crippen LogP contribution in [0.5, 0.6) is 5.75 Å². The van der Waals surface area contributed by atoms with E-state index >= 15 is 0 Å². The zero-order valence-electron chi connectivity index (χ0n) is 20.8. The Hall–Kier alpha value is -2.85. The fourth-order valence-electron chi connectivity index (χ4n) is 6.04. The van der Waals surface area contributed by atoms with Crippen LogP contribution >= 0.6 is 11.6 Å². The molecule has 0 aromatic heterocycles. The molecular weight excluding hydrogens is 458 g/mol. The molecule has 0 fully saturated rings. The second-order valence-corrected chi connectivity index (χ2v) is 12.2. The smallest absolute Gasteiger partial charge is 0.162 e. The highest BCUT2D eigenvalue weighted by Crippen LogP contribution is 2.55. The highest BCUT2D eigenvalue weighted by molar-refractivity contribution is 6.32. The maximum atomic E-state index is 13.8. The van der Waals surface area contributed by atoms with E-state index in [-0.39, 0.29) is 33.2 Å². The van der Waals surface area contributed by atoms with Crippen LogP contribution in [0.15, 0.2) is 71.1 Å². The highest BCUT2D eigenvalue weighted by Gasteiger charge is 2.49. The molecule has 2 aromatic rings. The average molecular weight is 490 g/mol. The van der Waals surface area contributed by atoms with Gasteiger partial charge in [-0.05, 0) is 46.9 Å². The van der Waals surface area contributed by atoms with Crippen molar-refractivity contribution < 1.29 is 14.7 Å². The number of carbonyl (C=O) groups excluding carboxylic acids is 2. The van der Waals surface area contributed by atoms with Crippen molar-refractivity contribution in [1.29, 1.82) is 0 Å². The quantitative estimate of drug-likeness (QED) is 0.507. The summed E-state index contributed by atoms with van der Waals surface area (Å²) in [5, 5.41) is 10.3. The number of Topliss-reactive ketones (excluding diaryl/α,β-unsaturated/α-hetero) is 2. The van der Waals surface area contributed by atoms with Crippen molar-refractivity contribution in [1.82, 2.24) is 4.90 Å². The van der Waals surface area contributed by atoms with Crippen molar-refractivity contribution in [2.75, 3.05) is 0 Å². The van der Waals surface area contributed by atoms with Gasteiger partial charge < -0.3 is 10.0 Å². The van der Waals surface area contributed by atoms with Crippen LogP contribution in [0.25, 0.3) is 0 Å². The molecule has 0 atom stereocenters. The third-order valence-electron chi connectivity index (χ3n) is 7.51. The number of phenolic OH excluding ortho intramolecular Hbond substituents is 1. The summed E-state index contributed by atoms with van der Waals surface area (Å²) in [6, 6.07) is 15.3. The van der Waals surface area contributed by atoms with E-state index in [1.165, 1.54) is 0 Å². The van der Waals surface area contributed by atoms with E-state index < -0.39 is 5.92 Å². The van der Waals surface area contributed by atoms with Crippen molar-refractivity contribution in [3.8, 4) is 5.75 Å². The van der Waals surface area contributed by atoms with Crippen LogP contribution in [0.1, 0.15) is 70.4 Å². The molecule has 5 rings (SSSR count). The molecule has 0 spiro atoms. The Balaban J connectivity index is 1.77. The van der Waals surface area contributed by atoms with Crippen molar-refractivity contribution in [2.45, 2.75) is 65.8 Å². The monoisotopic (exact) mass is 489 g/mol. The van der Waals surface area contributed by atoms with Gasteiger partial charge >= 0.3 is 0 Å². The van der Waals surface area contributed by atoms with Gasteiger partial charge in [0.1, 0.15) is 5.75 Å². The molecule has 0 saturated heterocycles. The third kappa shape index (κ3) is 4.33. The number of benzene rings is 2. The summed E-state index contributed by atoms with van der Waals surface area (Å²) >= 11 is 6.32. The summed E-state index contributed by atoms with van der Waals surface area (Å²) in [5.74, 6) is -0.287. The number of nitrogens with zero attached hydrogens (tertiary/aromatic N) is 1. The minimum absolute atomic E-state index is 0.00690. The fraction of sp³-hybridized carbons (Fsp3) is 0.400. The molecule has 4 nitrogen and oxygen atoms in total. The summed E-state index contributed by atoms with van der Waals surface area (Å²) in [6.45, 7) is 9.18. The minimum Gasteiger partial charge on any atom is -0.506 e. The molecule has 0 unspecified atom stereocenters. The standard InChI is InChI=1S/C30H32ClNO3/c1-29(2)13-21-27(24(34)15-29)26(19-10-11-23(33)20(31)12-19)28-22(14-30(3,4)16-25(28)35)32(21)17-18-8-6-5-7-9-18/h5-12,26,33H,13-17H2,1-4H3. The first kappa shape index (κ1) is 23.9. The molecular formula is C30H32ClNO3. The van der Waals surface area contributed by atoms with Gasteiger partial charge in [0.25, 0.3) is 0 Å². The van der Waals surface area contributed by atoms with E-state index in [1.54, 1.807) is 18.2 Å². The second-order valence-electron chi connectivity index (χ2n) is 11.8. The number of carbonyl (C=O) groups is 2. The number of hydrogen-bond acceptors (Lipinski definition) is 4. The molecule has 0 radical (unpaired) electrons. The van der Waals surface area contributed by atoms with Gasteiger partial charge in [0.2, 0.25) is 0 Å². The summed E-state index contributed by atoms with van der Waals surface area (Å²) in [6.07, 6.45) is 2.40. The van der Waals surface area contributed by atoms with E-state index in [4.69, 9.17) is 11.6 Å². The number of ketones is 2. The molecule has 1 aliphatic heterocycles. The number of aromatic hydroxyl groups is 1. The molecule has 0 bridgehead atoms. The zero-order valence-corrected chi connectivity index (χ0v) is 21.6. The molecule has 1 heterocycles. The Morgan fingerprint density at radius 2 is 1.40 bits per heavy atom. The number of rotatable bonds is 3. The molecule has 5 heteroatoms. The highest BCUT2D eigenvalue weighted by atomic mass is 35.5. The molecule has 182 valence electrons. The van der Waals surface area contributed by atoms with Crippen LogP contribution in [0.3, 0.4) is 0 Å². The lowest BCUT2D eigenvalue weighted by Gasteiger charge is -2.49. The minimum atomic E-state index is -0.461. The fourth-order valence-corrected chi connectivity index (χ4v) is 6.23. The van der Waals surface area contributed by atoms with E-state index in [1.807, 2.05) is 18.2 Å². The van der Waals surface area contributed by atoms with Crippen LogP contribution in [0.4, 0.5) is 0 Å². The van der Waals surface area contributed by atoms with Gasteiger partial charge in [-0.15, -0.1) is 0 Å². The zero-order chi connectivity index (χ0) is 25.1. The molecule has 35 heavy (non-hydrogen) atoms. The molecule has 3 aliphatic rings. The first-order valence-electron chi connectivity index (χ1n) is 12.3. The predicted octanol–water partition coefficient (Wildman–Crippen LogP) is 6.93. The Labute approximate surface area is 212 Å². The van der Waals surface area contributed by atoms with Gasteiger partial charge in [0, 0.05) is 47.8 Å². The topological polar surface area (TPSA) is 57.6 Å². The van der Waals surface area contributed by atoms with Gasteiger partial charge in [-0.1, -0.05) is 75.7 Å². The summed E-state index contributed by atoms with van der Waals surface area (Å²) < 4.78 is 0. The van der Waals surface area contributed by atoms with E-state index in [0.717, 1.165) is 35.4 Å². The molecule has 2 aromatic carbocycles. The Kier molecular flexibility index (Phi) is 5.71. The van der Waals surface area contributed by atoms with Crippen molar-refractivity contribution in [3.05, 3.63) is 87.2 Å². The van der Waals surface area contributed by atoms with Gasteiger partial charge in [0.05, 0.1) is 5.02 Å². The Morgan fingerprint density at radius 3 is 1.91 bits per heavy atom. The van der Waals surface area contributed by atoms with E-state index in [0.29, 0.717) is 30.5 Å². The van der Waals surface area contributed by atoms with Crippen molar-refractivity contribution in [2.24, 2.45) is 10.8 Å². The van der Waals surface area contributed by atoms with Gasteiger partial charge in [-0.2, -0.15) is 0 Å². The van der Waals surface area contributed by atoms with E-state index in [9.17, 15) is 14.7 Å². The second kappa shape index (κ2) is 8.37. The van der Waals surface area contributed by atoms with Crippen LogP contribution in [-0.2, 0) is 16.1 Å². The number of phenols is 1. The van der Waals surface area contributed by atoms with Gasteiger partial charge in [-0.25, -0.2) is 0 Å².